The SMILES string of the molecule is O=C(NCC(O)c1ccccc1)c1cn2ccccc2n1. The summed E-state index contributed by atoms with van der Waals surface area (Å²) < 4.78 is 1.78. The predicted octanol–water partition coefficient (Wildman–Crippen LogP) is 1.80. The van der Waals surface area contributed by atoms with Crippen molar-refractivity contribution in [1.82, 2.24) is 14.7 Å². The number of nitrogens with one attached hydrogen (secondary N) is 1. The number of imidazole rings is 1. The van der Waals surface area contributed by atoms with Crippen LogP contribution in [-0.2, 0) is 0 Å². The van der Waals surface area contributed by atoms with E-state index in [0.717, 1.165) is 5.56 Å². The van der Waals surface area contributed by atoms with Gasteiger partial charge < -0.3 is 14.8 Å². The Morgan fingerprint density at radius 3 is 2.71 bits per heavy atom. The van der Waals surface area contributed by atoms with Crippen molar-refractivity contribution in [1.29, 1.82) is 0 Å². The second-order valence-electron chi connectivity index (χ2n) is 4.73. The molecule has 1 atom stereocenters. The molecule has 5 nitrogen and oxygen atoms in total. The highest BCUT2D eigenvalue weighted by Crippen LogP contribution is 2.11. The molecule has 2 aromatic heterocycles. The highest BCUT2D eigenvalue weighted by molar-refractivity contribution is 5.92. The Morgan fingerprint density at radius 1 is 1.19 bits per heavy atom. The van der Waals surface area contributed by atoms with Crippen LogP contribution in [0.1, 0.15) is 22.2 Å². The Hall–Kier alpha value is -2.66. The lowest BCUT2D eigenvalue weighted by Crippen LogP contribution is -2.28. The summed E-state index contributed by atoms with van der Waals surface area (Å²) in [4.78, 5) is 16.3. The van der Waals surface area contributed by atoms with Crippen molar-refractivity contribution in [2.24, 2.45) is 0 Å². The van der Waals surface area contributed by atoms with Crippen LogP contribution >= 0.6 is 0 Å². The molecule has 3 rings (SSSR count). The Labute approximate surface area is 121 Å². The lowest BCUT2D eigenvalue weighted by molar-refractivity contribution is 0.0912. The molecule has 0 saturated heterocycles. The topological polar surface area (TPSA) is 66.6 Å². The molecule has 2 heterocycles. The average Bonchev–Trinajstić information content (AvgIpc) is 2.97. The smallest absolute Gasteiger partial charge is 0.271 e. The minimum absolute atomic E-state index is 0.150. The van der Waals surface area contributed by atoms with E-state index in [1.165, 1.54) is 0 Å². The van der Waals surface area contributed by atoms with Crippen LogP contribution in [-0.4, -0.2) is 26.9 Å². The zero-order valence-electron chi connectivity index (χ0n) is 11.3. The molecule has 0 saturated carbocycles. The number of aliphatic hydroxyl groups is 1. The van der Waals surface area contributed by atoms with Gasteiger partial charge in [-0.25, -0.2) is 4.98 Å². The number of aromatic nitrogens is 2. The molecule has 0 spiro atoms. The van der Waals surface area contributed by atoms with Gasteiger partial charge in [0.15, 0.2) is 0 Å². The van der Waals surface area contributed by atoms with E-state index in [1.54, 1.807) is 10.6 Å². The Morgan fingerprint density at radius 2 is 1.95 bits per heavy atom. The molecule has 0 bridgehead atoms. The summed E-state index contributed by atoms with van der Waals surface area (Å²) in [6.07, 6.45) is 2.77. The molecule has 0 radical (unpaired) electrons. The van der Waals surface area contributed by atoms with Gasteiger partial charge in [-0.2, -0.15) is 0 Å². The number of carbonyl (C=O) groups excluding carboxylic acids is 1. The van der Waals surface area contributed by atoms with E-state index >= 15 is 0 Å². The minimum atomic E-state index is -0.729. The molecule has 5 heteroatoms. The molecule has 1 unspecified atom stereocenters. The summed E-state index contributed by atoms with van der Waals surface area (Å²) in [6.45, 7) is 0.150. The molecule has 0 aliphatic rings. The Bertz CT molecular complexity index is 719. The first-order chi connectivity index (χ1) is 10.2. The van der Waals surface area contributed by atoms with Gasteiger partial charge in [-0.15, -0.1) is 0 Å². The van der Waals surface area contributed by atoms with Crippen LogP contribution in [0.25, 0.3) is 5.65 Å². The number of hydrogen-bond acceptors (Lipinski definition) is 3. The minimum Gasteiger partial charge on any atom is -0.387 e. The van der Waals surface area contributed by atoms with Crippen molar-refractivity contribution < 1.29 is 9.90 Å². The van der Waals surface area contributed by atoms with Gasteiger partial charge in [0.25, 0.3) is 5.91 Å². The number of pyridine rings is 1. The van der Waals surface area contributed by atoms with Gasteiger partial charge >= 0.3 is 0 Å². The molecule has 0 aliphatic heterocycles. The van der Waals surface area contributed by atoms with Crippen molar-refractivity contribution in [3.05, 3.63) is 72.2 Å². The molecule has 1 amide bonds. The zero-order chi connectivity index (χ0) is 14.7. The molecule has 3 aromatic rings. The third kappa shape index (κ3) is 2.93. The van der Waals surface area contributed by atoms with Gasteiger partial charge in [-0.05, 0) is 17.7 Å². The van der Waals surface area contributed by atoms with Gasteiger partial charge in [0.05, 0.1) is 6.10 Å². The van der Waals surface area contributed by atoms with Crippen molar-refractivity contribution in [2.75, 3.05) is 6.54 Å². The zero-order valence-corrected chi connectivity index (χ0v) is 11.3. The Balaban J connectivity index is 1.66. The third-order valence-electron chi connectivity index (χ3n) is 3.24. The van der Waals surface area contributed by atoms with Crippen molar-refractivity contribution in [3.8, 4) is 0 Å². The molecule has 21 heavy (non-hydrogen) atoms. The molecule has 0 aliphatic carbocycles. The van der Waals surface area contributed by atoms with E-state index in [9.17, 15) is 9.90 Å². The lowest BCUT2D eigenvalue weighted by Gasteiger charge is -2.11. The highest BCUT2D eigenvalue weighted by atomic mass is 16.3. The fourth-order valence-corrected chi connectivity index (χ4v) is 2.12. The van der Waals surface area contributed by atoms with Crippen LogP contribution in [0.15, 0.2) is 60.9 Å². The van der Waals surface area contributed by atoms with Crippen LogP contribution < -0.4 is 5.32 Å². The fraction of sp³-hybridized carbons (Fsp3) is 0.125. The number of nitrogens with zero attached hydrogens (tertiary/aromatic N) is 2. The number of benzene rings is 1. The maximum atomic E-state index is 12.1. The average molecular weight is 281 g/mol. The standard InChI is InChI=1S/C16H15N3O2/c20-14(12-6-2-1-3-7-12)10-17-16(21)13-11-19-9-5-4-8-15(19)18-13/h1-9,11,14,20H,10H2,(H,17,21). The molecule has 2 N–H and O–H groups in total. The van der Waals surface area contributed by atoms with E-state index in [-0.39, 0.29) is 12.5 Å². The Kier molecular flexibility index (Phi) is 3.66. The van der Waals surface area contributed by atoms with Gasteiger partial charge in [0, 0.05) is 18.9 Å². The van der Waals surface area contributed by atoms with Crippen LogP contribution in [0.4, 0.5) is 0 Å². The summed E-state index contributed by atoms with van der Waals surface area (Å²) in [5.41, 5.74) is 1.82. The molecular weight excluding hydrogens is 266 g/mol. The lowest BCUT2D eigenvalue weighted by atomic mass is 10.1. The maximum Gasteiger partial charge on any atom is 0.271 e. The van der Waals surface area contributed by atoms with E-state index in [0.29, 0.717) is 11.3 Å². The second-order valence-corrected chi connectivity index (χ2v) is 4.73. The molecule has 0 fully saturated rings. The van der Waals surface area contributed by atoms with Crippen molar-refractivity contribution in [3.63, 3.8) is 0 Å². The fourth-order valence-electron chi connectivity index (χ4n) is 2.12. The largest absolute Gasteiger partial charge is 0.387 e. The number of carbonyl (C=O) groups is 1. The summed E-state index contributed by atoms with van der Waals surface area (Å²) in [5, 5.41) is 12.7. The molecule has 1 aromatic carbocycles. The van der Waals surface area contributed by atoms with Crippen LogP contribution in [0.3, 0.4) is 0 Å². The summed E-state index contributed by atoms with van der Waals surface area (Å²) in [7, 11) is 0. The summed E-state index contributed by atoms with van der Waals surface area (Å²) in [6, 6.07) is 14.8. The van der Waals surface area contributed by atoms with Gasteiger partial charge in [-0.3, -0.25) is 4.79 Å². The van der Waals surface area contributed by atoms with E-state index in [2.05, 4.69) is 10.3 Å². The number of fused-ring (bicyclic) bond motifs is 1. The quantitative estimate of drug-likeness (QED) is 0.766. The summed E-state index contributed by atoms with van der Waals surface area (Å²) >= 11 is 0. The monoisotopic (exact) mass is 281 g/mol. The number of hydrogen-bond donors (Lipinski definition) is 2. The van der Waals surface area contributed by atoms with E-state index < -0.39 is 6.10 Å². The van der Waals surface area contributed by atoms with Gasteiger partial charge in [0.1, 0.15) is 11.3 Å². The van der Waals surface area contributed by atoms with Crippen LogP contribution in [0.5, 0.6) is 0 Å². The van der Waals surface area contributed by atoms with Crippen LogP contribution in [0, 0.1) is 0 Å². The number of aliphatic hydroxyl groups excluding tert-OH is 1. The summed E-state index contributed by atoms with van der Waals surface area (Å²) in [5.74, 6) is -0.298. The van der Waals surface area contributed by atoms with Crippen molar-refractivity contribution in [2.45, 2.75) is 6.10 Å². The third-order valence-corrected chi connectivity index (χ3v) is 3.24. The van der Waals surface area contributed by atoms with E-state index in [4.69, 9.17) is 0 Å². The first kappa shape index (κ1) is 13.3. The predicted molar refractivity (Wildman–Crippen MR) is 78.9 cm³/mol. The first-order valence-corrected chi connectivity index (χ1v) is 6.69. The number of rotatable bonds is 4. The maximum absolute atomic E-state index is 12.1. The highest BCUT2D eigenvalue weighted by Gasteiger charge is 2.13. The molecular formula is C16H15N3O2. The molecule has 106 valence electrons. The van der Waals surface area contributed by atoms with E-state index in [1.807, 2.05) is 54.7 Å². The second kappa shape index (κ2) is 5.76. The first-order valence-electron chi connectivity index (χ1n) is 6.69. The van der Waals surface area contributed by atoms with Crippen molar-refractivity contribution >= 4 is 11.6 Å². The van der Waals surface area contributed by atoms with Gasteiger partial charge in [-0.1, -0.05) is 36.4 Å². The van der Waals surface area contributed by atoms with Gasteiger partial charge in [0.2, 0.25) is 0 Å². The van der Waals surface area contributed by atoms with Crippen LogP contribution in [0.2, 0.25) is 0 Å². The number of amides is 1. The normalized spacial score (nSPS) is 12.2.